The number of fused-ring (bicyclic) bond motifs is 1. The summed E-state index contributed by atoms with van der Waals surface area (Å²) in [5.74, 6) is 1.04. The van der Waals surface area contributed by atoms with Gasteiger partial charge in [0.1, 0.15) is 0 Å². The van der Waals surface area contributed by atoms with E-state index in [1.807, 2.05) is 0 Å². The van der Waals surface area contributed by atoms with Gasteiger partial charge in [-0.05, 0) is 32.4 Å². The molecule has 2 aliphatic rings. The summed E-state index contributed by atoms with van der Waals surface area (Å²) >= 11 is 1.61. The van der Waals surface area contributed by atoms with Gasteiger partial charge in [0.15, 0.2) is 16.7 Å². The summed E-state index contributed by atoms with van der Waals surface area (Å²) in [7, 11) is 0. The van der Waals surface area contributed by atoms with Crippen molar-refractivity contribution in [3.8, 4) is 11.5 Å². The van der Waals surface area contributed by atoms with Crippen LogP contribution in [-0.2, 0) is 0 Å². The number of nitrogens with one attached hydrogen (secondary N) is 1. The first kappa shape index (κ1) is 13.5. The molecule has 7 heteroatoms. The lowest BCUT2D eigenvalue weighted by atomic mass is 10.0. The summed E-state index contributed by atoms with van der Waals surface area (Å²) in [6.45, 7) is 4.13. The van der Waals surface area contributed by atoms with Crippen LogP contribution >= 0.6 is 11.8 Å². The molecule has 108 valence electrons. The predicted octanol–water partition coefficient (Wildman–Crippen LogP) is 3.69. The third-order valence-electron chi connectivity index (χ3n) is 3.01. The second-order valence-electron chi connectivity index (χ2n) is 5.28. The highest BCUT2D eigenvalue weighted by Crippen LogP contribution is 2.42. The van der Waals surface area contributed by atoms with Crippen molar-refractivity contribution in [3.63, 3.8) is 0 Å². The van der Waals surface area contributed by atoms with E-state index in [1.54, 1.807) is 17.8 Å². The Bertz CT molecular complexity index is 575. The van der Waals surface area contributed by atoms with Crippen molar-refractivity contribution in [1.29, 1.82) is 0 Å². The van der Waals surface area contributed by atoms with Gasteiger partial charge in [0.25, 0.3) is 0 Å². The number of halogens is 2. The number of benzene rings is 1. The number of rotatable bonds is 1. The van der Waals surface area contributed by atoms with E-state index in [9.17, 15) is 8.78 Å². The lowest BCUT2D eigenvalue weighted by molar-refractivity contribution is -0.286. The molecule has 0 radical (unpaired) electrons. The van der Waals surface area contributed by atoms with E-state index >= 15 is 0 Å². The molecule has 1 aromatic carbocycles. The molecule has 3 rings (SSSR count). The molecule has 0 fully saturated rings. The van der Waals surface area contributed by atoms with Gasteiger partial charge in [-0.1, -0.05) is 11.8 Å². The number of anilines is 1. The van der Waals surface area contributed by atoms with E-state index in [1.165, 1.54) is 12.1 Å². The first-order chi connectivity index (χ1) is 9.33. The van der Waals surface area contributed by atoms with Gasteiger partial charge in [0.05, 0.1) is 5.54 Å². The highest BCUT2D eigenvalue weighted by atomic mass is 32.2. The monoisotopic (exact) mass is 300 g/mol. The molecule has 0 aromatic heterocycles. The average molecular weight is 300 g/mol. The van der Waals surface area contributed by atoms with Crippen molar-refractivity contribution < 1.29 is 18.3 Å². The van der Waals surface area contributed by atoms with Gasteiger partial charge in [-0.25, -0.2) is 0 Å². The quantitative estimate of drug-likeness (QED) is 0.859. The molecule has 4 nitrogen and oxygen atoms in total. The molecular formula is C13H14F2N2O2S. The molecule has 0 aliphatic carbocycles. The molecule has 2 aliphatic heterocycles. The summed E-state index contributed by atoms with van der Waals surface area (Å²) in [5.41, 5.74) is 0.547. The number of alkyl halides is 2. The zero-order chi connectivity index (χ0) is 14.4. The molecular weight excluding hydrogens is 286 g/mol. The van der Waals surface area contributed by atoms with E-state index < -0.39 is 6.29 Å². The Balaban J connectivity index is 1.79. The Morgan fingerprint density at radius 1 is 1.25 bits per heavy atom. The third-order valence-corrected chi connectivity index (χ3v) is 3.88. The fourth-order valence-electron chi connectivity index (χ4n) is 1.97. The van der Waals surface area contributed by atoms with Crippen LogP contribution in [0.3, 0.4) is 0 Å². The lowest BCUT2D eigenvalue weighted by Gasteiger charge is -2.26. The topological polar surface area (TPSA) is 42.8 Å². The van der Waals surface area contributed by atoms with Crippen LogP contribution in [-0.4, -0.2) is 22.8 Å². The molecule has 0 spiro atoms. The van der Waals surface area contributed by atoms with E-state index in [0.29, 0.717) is 5.69 Å². The van der Waals surface area contributed by atoms with E-state index in [0.717, 1.165) is 17.3 Å². The number of hydrogen-bond acceptors (Lipinski definition) is 5. The molecule has 0 saturated heterocycles. The van der Waals surface area contributed by atoms with Crippen LogP contribution in [0.15, 0.2) is 23.2 Å². The van der Waals surface area contributed by atoms with E-state index in [4.69, 9.17) is 0 Å². The van der Waals surface area contributed by atoms with Crippen LogP contribution in [0.2, 0.25) is 0 Å². The van der Waals surface area contributed by atoms with E-state index in [-0.39, 0.29) is 17.0 Å². The summed E-state index contributed by atoms with van der Waals surface area (Å²) in [6.07, 6.45) is -2.57. The molecule has 0 saturated carbocycles. The predicted molar refractivity (Wildman–Crippen MR) is 74.9 cm³/mol. The number of thioether (sulfide) groups is 1. The fraction of sp³-hybridized carbons (Fsp3) is 0.462. The Hall–Kier alpha value is -1.50. The average Bonchev–Trinajstić information content (AvgIpc) is 2.61. The fourth-order valence-corrected chi connectivity index (χ4v) is 3.27. The smallest absolute Gasteiger partial charge is 0.395 e. The normalized spacial score (nSPS) is 22.3. The molecule has 20 heavy (non-hydrogen) atoms. The van der Waals surface area contributed by atoms with E-state index in [2.05, 4.69) is 33.6 Å². The third kappa shape index (κ3) is 2.82. The summed E-state index contributed by atoms with van der Waals surface area (Å²) < 4.78 is 34.6. The van der Waals surface area contributed by atoms with Crippen LogP contribution in [0.4, 0.5) is 14.5 Å². The molecule has 0 bridgehead atoms. The van der Waals surface area contributed by atoms with Crippen LogP contribution in [0.1, 0.15) is 20.3 Å². The molecule has 1 aromatic rings. The lowest BCUT2D eigenvalue weighted by Crippen LogP contribution is -2.27. The van der Waals surface area contributed by atoms with Gasteiger partial charge in [-0.15, -0.1) is 8.78 Å². The van der Waals surface area contributed by atoms with Crippen LogP contribution in [0.25, 0.3) is 0 Å². The van der Waals surface area contributed by atoms with Crippen molar-refractivity contribution in [3.05, 3.63) is 18.2 Å². The first-order valence-corrected chi connectivity index (χ1v) is 7.21. The minimum atomic E-state index is -3.58. The van der Waals surface area contributed by atoms with Crippen molar-refractivity contribution in [2.45, 2.75) is 32.1 Å². The molecule has 2 heterocycles. The maximum atomic E-state index is 12.9. The maximum absolute atomic E-state index is 12.9. The van der Waals surface area contributed by atoms with Gasteiger partial charge in [-0.3, -0.25) is 4.99 Å². The Labute approximate surface area is 119 Å². The maximum Gasteiger partial charge on any atom is 0.586 e. The van der Waals surface area contributed by atoms with Gasteiger partial charge in [0.2, 0.25) is 0 Å². The minimum Gasteiger partial charge on any atom is -0.395 e. The van der Waals surface area contributed by atoms with Gasteiger partial charge in [0, 0.05) is 17.5 Å². The zero-order valence-corrected chi connectivity index (χ0v) is 11.9. The SMILES string of the molecule is CC1(C)CCSC(Nc2ccc3c(c2)OC(F)(F)O3)=N1. The molecule has 0 amide bonds. The van der Waals surface area contributed by atoms with Gasteiger partial charge in [-0.2, -0.15) is 0 Å². The van der Waals surface area contributed by atoms with Crippen LogP contribution in [0, 0.1) is 0 Å². The summed E-state index contributed by atoms with van der Waals surface area (Å²) in [6, 6.07) is 4.60. The van der Waals surface area contributed by atoms with Crippen LogP contribution in [0.5, 0.6) is 11.5 Å². The summed E-state index contributed by atoms with van der Waals surface area (Å²) in [5, 5.41) is 3.91. The van der Waals surface area contributed by atoms with Crippen molar-refractivity contribution in [2.24, 2.45) is 4.99 Å². The zero-order valence-electron chi connectivity index (χ0n) is 11.1. The molecule has 0 unspecified atom stereocenters. The second-order valence-corrected chi connectivity index (χ2v) is 6.37. The van der Waals surface area contributed by atoms with Crippen molar-refractivity contribution in [1.82, 2.24) is 0 Å². The summed E-state index contributed by atoms with van der Waals surface area (Å²) in [4.78, 5) is 4.58. The highest BCUT2D eigenvalue weighted by molar-refractivity contribution is 8.14. The van der Waals surface area contributed by atoms with Gasteiger partial charge < -0.3 is 14.8 Å². The standard InChI is InChI=1S/C13H14F2N2O2S/c1-12(2)5-6-20-11(17-12)16-8-3-4-9-10(7-8)19-13(14,15)18-9/h3-4,7H,5-6H2,1-2H3,(H,16,17). The Morgan fingerprint density at radius 2 is 2.00 bits per heavy atom. The number of hydrogen-bond donors (Lipinski definition) is 1. The van der Waals surface area contributed by atoms with Crippen molar-refractivity contribution in [2.75, 3.05) is 11.1 Å². The van der Waals surface area contributed by atoms with Crippen molar-refractivity contribution >= 4 is 22.6 Å². The largest absolute Gasteiger partial charge is 0.586 e. The highest BCUT2D eigenvalue weighted by Gasteiger charge is 2.43. The van der Waals surface area contributed by atoms with Crippen LogP contribution < -0.4 is 14.8 Å². The second kappa shape index (κ2) is 4.51. The first-order valence-electron chi connectivity index (χ1n) is 6.23. The number of aliphatic imine (C=N–C) groups is 1. The number of ether oxygens (including phenoxy) is 2. The number of amidine groups is 1. The Morgan fingerprint density at radius 3 is 2.75 bits per heavy atom. The number of nitrogens with zero attached hydrogens (tertiary/aromatic N) is 1. The Kier molecular flexibility index (Phi) is 3.04. The minimum absolute atomic E-state index is 0.0284. The van der Waals surface area contributed by atoms with Gasteiger partial charge >= 0.3 is 6.29 Å². The molecule has 0 atom stereocenters. The molecule has 1 N–H and O–H groups in total.